The van der Waals surface area contributed by atoms with E-state index in [4.69, 9.17) is 9.47 Å². The number of ether oxygens (including phenoxy) is 2. The van der Waals surface area contributed by atoms with Crippen molar-refractivity contribution in [2.75, 3.05) is 7.11 Å². The number of carbonyl (C=O) groups is 1. The van der Waals surface area contributed by atoms with Crippen LogP contribution in [0, 0.1) is 0 Å². The van der Waals surface area contributed by atoms with Crippen LogP contribution in [-0.4, -0.2) is 13.2 Å². The lowest BCUT2D eigenvalue weighted by Crippen LogP contribution is -2.29. The summed E-state index contributed by atoms with van der Waals surface area (Å²) >= 11 is 0. The molecule has 0 aliphatic heterocycles. The summed E-state index contributed by atoms with van der Waals surface area (Å²) in [6, 6.07) is 17.1. The Bertz CT molecular complexity index is 655. The first-order valence-electron chi connectivity index (χ1n) is 7.95. The summed E-state index contributed by atoms with van der Waals surface area (Å²) in [7, 11) is 1.62. The maximum Gasteiger partial charge on any atom is 0.407 e. The number of alkyl carbamates (subject to hydrolysis) is 1. The number of amides is 1. The van der Waals surface area contributed by atoms with Gasteiger partial charge in [-0.25, -0.2) is 4.79 Å². The lowest BCUT2D eigenvalue weighted by Gasteiger charge is -2.20. The van der Waals surface area contributed by atoms with E-state index >= 15 is 0 Å². The molecule has 2 aromatic rings. The van der Waals surface area contributed by atoms with Crippen LogP contribution in [0.25, 0.3) is 0 Å². The minimum Gasteiger partial charge on any atom is -0.496 e. The van der Waals surface area contributed by atoms with Crippen molar-refractivity contribution in [3.63, 3.8) is 0 Å². The van der Waals surface area contributed by atoms with Gasteiger partial charge in [0.1, 0.15) is 12.4 Å². The minimum absolute atomic E-state index is 0.192. The smallest absolute Gasteiger partial charge is 0.407 e. The number of hydrogen-bond acceptors (Lipinski definition) is 3. The number of hydrogen-bond donors (Lipinski definition) is 1. The quantitative estimate of drug-likeness (QED) is 0.720. The third-order valence-electron chi connectivity index (χ3n) is 3.68. The highest BCUT2D eigenvalue weighted by Crippen LogP contribution is 2.28. The van der Waals surface area contributed by atoms with E-state index in [-0.39, 0.29) is 12.6 Å². The maximum atomic E-state index is 12.2. The first-order chi connectivity index (χ1) is 11.7. The Hall–Kier alpha value is -2.75. The van der Waals surface area contributed by atoms with Gasteiger partial charge in [0.2, 0.25) is 0 Å². The number of benzene rings is 2. The zero-order valence-electron chi connectivity index (χ0n) is 13.9. The number of methoxy groups -OCH3 is 1. The standard InChI is InChI=1S/C20H23NO3/c1-3-4-13-18(17-12-8-9-14-19(17)23-2)21-20(22)24-15-16-10-6-5-7-11-16/h3,5-12,14,18H,1,4,13,15H2,2H3,(H,21,22). The molecular formula is C20H23NO3. The van der Waals surface area contributed by atoms with Gasteiger partial charge >= 0.3 is 6.09 Å². The number of allylic oxidation sites excluding steroid dienone is 1. The Morgan fingerprint density at radius 1 is 1.17 bits per heavy atom. The summed E-state index contributed by atoms with van der Waals surface area (Å²) in [5, 5.41) is 2.92. The van der Waals surface area contributed by atoms with Gasteiger partial charge in [-0.3, -0.25) is 0 Å². The highest BCUT2D eigenvalue weighted by Gasteiger charge is 2.18. The van der Waals surface area contributed by atoms with E-state index in [0.29, 0.717) is 0 Å². The highest BCUT2D eigenvalue weighted by atomic mass is 16.5. The van der Waals surface area contributed by atoms with Crippen molar-refractivity contribution >= 4 is 6.09 Å². The molecule has 0 spiro atoms. The average molecular weight is 325 g/mol. The molecule has 0 aliphatic rings. The number of carbonyl (C=O) groups excluding carboxylic acids is 1. The molecule has 0 radical (unpaired) electrons. The summed E-state index contributed by atoms with van der Waals surface area (Å²) in [6.45, 7) is 3.99. The topological polar surface area (TPSA) is 47.6 Å². The Morgan fingerprint density at radius 2 is 1.88 bits per heavy atom. The third kappa shape index (κ3) is 5.16. The second-order valence-electron chi connectivity index (χ2n) is 5.37. The van der Waals surface area contributed by atoms with Crippen LogP contribution in [0.15, 0.2) is 67.3 Å². The fraction of sp³-hybridized carbons (Fsp3) is 0.250. The monoisotopic (exact) mass is 325 g/mol. The molecule has 1 unspecified atom stereocenters. The van der Waals surface area contributed by atoms with Gasteiger partial charge in [-0.1, -0.05) is 54.6 Å². The number of rotatable bonds is 8. The fourth-order valence-electron chi connectivity index (χ4n) is 2.45. The largest absolute Gasteiger partial charge is 0.496 e. The van der Waals surface area contributed by atoms with E-state index in [9.17, 15) is 4.79 Å². The zero-order chi connectivity index (χ0) is 17.2. The van der Waals surface area contributed by atoms with Crippen molar-refractivity contribution in [1.82, 2.24) is 5.32 Å². The van der Waals surface area contributed by atoms with Gasteiger partial charge in [-0.2, -0.15) is 0 Å². The molecule has 1 N–H and O–H groups in total. The van der Waals surface area contributed by atoms with Crippen LogP contribution in [-0.2, 0) is 11.3 Å². The van der Waals surface area contributed by atoms with E-state index in [0.717, 1.165) is 29.7 Å². The van der Waals surface area contributed by atoms with Gasteiger partial charge in [0.25, 0.3) is 0 Å². The second-order valence-corrected chi connectivity index (χ2v) is 5.37. The third-order valence-corrected chi connectivity index (χ3v) is 3.68. The van der Waals surface area contributed by atoms with Crippen molar-refractivity contribution in [1.29, 1.82) is 0 Å². The Morgan fingerprint density at radius 3 is 2.58 bits per heavy atom. The molecule has 4 nitrogen and oxygen atoms in total. The Balaban J connectivity index is 2.02. The molecule has 0 heterocycles. The lowest BCUT2D eigenvalue weighted by molar-refractivity contribution is 0.135. The summed E-state index contributed by atoms with van der Waals surface area (Å²) in [5.74, 6) is 0.745. The van der Waals surface area contributed by atoms with Gasteiger partial charge in [0.05, 0.1) is 13.2 Å². The molecule has 2 aromatic carbocycles. The van der Waals surface area contributed by atoms with Gasteiger partial charge in [-0.05, 0) is 24.5 Å². The second kappa shape index (κ2) is 9.40. The highest BCUT2D eigenvalue weighted by molar-refractivity contribution is 5.68. The van der Waals surface area contributed by atoms with Gasteiger partial charge in [0, 0.05) is 5.56 Å². The average Bonchev–Trinajstić information content (AvgIpc) is 2.64. The van der Waals surface area contributed by atoms with E-state index < -0.39 is 6.09 Å². The van der Waals surface area contributed by atoms with Crippen LogP contribution in [0.3, 0.4) is 0 Å². The first kappa shape index (κ1) is 17.6. The summed E-state index contributed by atoms with van der Waals surface area (Å²) < 4.78 is 10.7. The molecule has 0 saturated carbocycles. The molecule has 0 aromatic heterocycles. The normalized spacial score (nSPS) is 11.4. The maximum absolute atomic E-state index is 12.2. The SMILES string of the molecule is C=CCCC(NC(=O)OCc1ccccc1)c1ccccc1OC. The minimum atomic E-state index is -0.446. The summed E-state index contributed by atoms with van der Waals surface area (Å²) in [5.41, 5.74) is 1.88. The molecular weight excluding hydrogens is 302 g/mol. The predicted molar refractivity (Wildman–Crippen MR) is 94.9 cm³/mol. The van der Waals surface area contributed by atoms with Crippen molar-refractivity contribution in [2.24, 2.45) is 0 Å². The Kier molecular flexibility index (Phi) is 6.90. The van der Waals surface area contributed by atoms with Crippen LogP contribution in [0.5, 0.6) is 5.75 Å². The van der Waals surface area contributed by atoms with Crippen LogP contribution in [0.1, 0.15) is 30.0 Å². The molecule has 2 rings (SSSR count). The number of para-hydroxylation sites is 1. The van der Waals surface area contributed by atoms with Crippen molar-refractivity contribution in [2.45, 2.75) is 25.5 Å². The molecule has 1 atom stereocenters. The van der Waals surface area contributed by atoms with Gasteiger partial charge in [0.15, 0.2) is 0 Å². The summed E-state index contributed by atoms with van der Waals surface area (Å²) in [4.78, 5) is 12.2. The number of nitrogens with one attached hydrogen (secondary N) is 1. The van der Waals surface area contributed by atoms with Crippen LogP contribution < -0.4 is 10.1 Å². The van der Waals surface area contributed by atoms with Crippen LogP contribution >= 0.6 is 0 Å². The van der Waals surface area contributed by atoms with Crippen LogP contribution in [0.2, 0.25) is 0 Å². The van der Waals surface area contributed by atoms with Gasteiger partial charge < -0.3 is 14.8 Å². The van der Waals surface area contributed by atoms with E-state index in [1.807, 2.05) is 60.7 Å². The van der Waals surface area contributed by atoms with E-state index in [2.05, 4.69) is 11.9 Å². The van der Waals surface area contributed by atoms with Gasteiger partial charge in [-0.15, -0.1) is 6.58 Å². The molecule has 126 valence electrons. The molecule has 0 bridgehead atoms. The zero-order valence-corrected chi connectivity index (χ0v) is 13.9. The summed E-state index contributed by atoms with van der Waals surface area (Å²) in [6.07, 6.45) is 2.89. The van der Waals surface area contributed by atoms with E-state index in [1.165, 1.54) is 0 Å². The van der Waals surface area contributed by atoms with Crippen molar-refractivity contribution < 1.29 is 14.3 Å². The fourth-order valence-corrected chi connectivity index (χ4v) is 2.45. The van der Waals surface area contributed by atoms with Crippen molar-refractivity contribution in [3.8, 4) is 5.75 Å². The van der Waals surface area contributed by atoms with E-state index in [1.54, 1.807) is 7.11 Å². The molecule has 0 saturated heterocycles. The molecule has 0 fully saturated rings. The van der Waals surface area contributed by atoms with Crippen molar-refractivity contribution in [3.05, 3.63) is 78.4 Å². The molecule has 0 aliphatic carbocycles. The molecule has 24 heavy (non-hydrogen) atoms. The van der Waals surface area contributed by atoms with Crippen LogP contribution in [0.4, 0.5) is 4.79 Å². The molecule has 4 heteroatoms. The predicted octanol–water partition coefficient (Wildman–Crippen LogP) is 4.63. The molecule has 1 amide bonds. The Labute approximate surface area is 143 Å². The lowest BCUT2D eigenvalue weighted by atomic mass is 10.0. The first-order valence-corrected chi connectivity index (χ1v) is 7.95.